The van der Waals surface area contributed by atoms with E-state index in [0.29, 0.717) is 31.6 Å². The zero-order valence-electron chi connectivity index (χ0n) is 22.9. The molecule has 0 bridgehead atoms. The average Bonchev–Trinajstić information content (AvgIpc) is 2.96. The van der Waals surface area contributed by atoms with Crippen molar-refractivity contribution in [1.82, 2.24) is 14.8 Å². The number of halogens is 6. The van der Waals surface area contributed by atoms with Gasteiger partial charge in [-0.2, -0.15) is 26.3 Å². The fourth-order valence-electron chi connectivity index (χ4n) is 5.28. The fraction of sp³-hybridized carbons (Fsp3) is 0.379. The number of aromatic nitrogens is 1. The topological polar surface area (TPSA) is 51.7 Å². The largest absolute Gasteiger partial charge is 0.416 e. The van der Waals surface area contributed by atoms with Crippen LogP contribution in [0.25, 0.3) is 11.1 Å². The molecule has 5 rings (SSSR count). The molecule has 1 N–H and O–H groups in total. The van der Waals surface area contributed by atoms with Gasteiger partial charge in [-0.05, 0) is 78.9 Å². The van der Waals surface area contributed by atoms with Crippen LogP contribution in [0.2, 0.25) is 0 Å². The van der Waals surface area contributed by atoms with Crippen LogP contribution in [0.3, 0.4) is 0 Å². The van der Waals surface area contributed by atoms with E-state index < -0.39 is 29.5 Å². The average molecular weight is 610 g/mol. The lowest BCUT2D eigenvalue weighted by Crippen LogP contribution is -2.46. The number of thioether (sulfide) groups is 1. The van der Waals surface area contributed by atoms with E-state index in [1.807, 2.05) is 6.26 Å². The van der Waals surface area contributed by atoms with Crippen molar-refractivity contribution < 1.29 is 31.1 Å². The summed E-state index contributed by atoms with van der Waals surface area (Å²) in [5.74, 6) is 0.134. The number of hydrogen-bond acceptors (Lipinski definition) is 5. The molecule has 13 heteroatoms. The molecule has 1 aromatic heterocycles. The van der Waals surface area contributed by atoms with Gasteiger partial charge >= 0.3 is 18.4 Å². The summed E-state index contributed by atoms with van der Waals surface area (Å²) >= 11 is 1.67. The first-order valence-electron chi connectivity index (χ1n) is 13.3. The third kappa shape index (κ3) is 6.46. The van der Waals surface area contributed by atoms with Gasteiger partial charge in [0, 0.05) is 61.6 Å². The van der Waals surface area contributed by atoms with Crippen LogP contribution in [0.5, 0.6) is 0 Å². The van der Waals surface area contributed by atoms with Crippen LogP contribution >= 0.6 is 11.8 Å². The Morgan fingerprint density at radius 2 is 1.52 bits per heavy atom. The number of nitrogens with one attached hydrogen (secondary N) is 1. The van der Waals surface area contributed by atoms with Crippen LogP contribution in [-0.2, 0) is 25.3 Å². The van der Waals surface area contributed by atoms with Crippen molar-refractivity contribution in [2.24, 2.45) is 0 Å². The molecule has 2 aliphatic rings. The minimum Gasteiger partial charge on any atom is -0.369 e. The zero-order chi connectivity index (χ0) is 30.2. The van der Waals surface area contributed by atoms with Crippen LogP contribution in [0.4, 0.5) is 42.6 Å². The summed E-state index contributed by atoms with van der Waals surface area (Å²) < 4.78 is 79.7. The van der Waals surface area contributed by atoms with E-state index in [-0.39, 0.29) is 23.0 Å². The lowest BCUT2D eigenvalue weighted by atomic mass is 9.97. The number of rotatable bonds is 4. The molecule has 2 aliphatic heterocycles. The van der Waals surface area contributed by atoms with Crippen LogP contribution in [0.1, 0.15) is 22.3 Å². The Hall–Kier alpha value is -3.45. The second-order valence-corrected chi connectivity index (χ2v) is 11.2. The second-order valence-electron chi connectivity index (χ2n) is 10.4. The number of piperazine rings is 1. The quantitative estimate of drug-likeness (QED) is 0.259. The SMILES string of the molecule is CSc1ccc(N2CCN(C)CC2)c2c1CCN(C(=O)Nc1ccc(-c3cc(C(F)(F)F)cc(C(F)(F)F)c3)cn1)C2. The molecule has 1 fully saturated rings. The Bertz CT molecular complexity index is 1420. The number of pyridine rings is 1. The summed E-state index contributed by atoms with van der Waals surface area (Å²) in [4.78, 5) is 24.8. The summed E-state index contributed by atoms with van der Waals surface area (Å²) in [6.07, 6.45) is -6.05. The van der Waals surface area contributed by atoms with Gasteiger partial charge < -0.3 is 14.7 Å². The molecule has 0 atom stereocenters. The molecule has 224 valence electrons. The maximum atomic E-state index is 13.3. The Labute approximate surface area is 243 Å². The van der Waals surface area contributed by atoms with Gasteiger partial charge in [-0.1, -0.05) is 0 Å². The predicted octanol–water partition coefficient (Wildman–Crippen LogP) is 6.85. The van der Waals surface area contributed by atoms with Gasteiger partial charge in [0.15, 0.2) is 0 Å². The van der Waals surface area contributed by atoms with Gasteiger partial charge in [0.2, 0.25) is 0 Å². The van der Waals surface area contributed by atoms with E-state index in [1.165, 1.54) is 22.6 Å². The second kappa shape index (κ2) is 11.7. The number of fused-ring (bicyclic) bond motifs is 1. The van der Waals surface area contributed by atoms with E-state index in [4.69, 9.17) is 0 Å². The van der Waals surface area contributed by atoms with Crippen LogP contribution in [0, 0.1) is 0 Å². The number of likely N-dealkylation sites (N-methyl/N-ethyl adjacent to an activating group) is 1. The van der Waals surface area contributed by atoms with Gasteiger partial charge in [0.05, 0.1) is 11.1 Å². The molecule has 0 saturated carbocycles. The summed E-state index contributed by atoms with van der Waals surface area (Å²) in [6, 6.07) is 7.95. The minimum absolute atomic E-state index is 0.0536. The smallest absolute Gasteiger partial charge is 0.369 e. The number of hydrogen-bond donors (Lipinski definition) is 1. The van der Waals surface area contributed by atoms with E-state index >= 15 is 0 Å². The minimum atomic E-state index is -4.95. The van der Waals surface area contributed by atoms with Gasteiger partial charge in [-0.15, -0.1) is 11.8 Å². The highest BCUT2D eigenvalue weighted by molar-refractivity contribution is 7.98. The number of nitrogens with zero attached hydrogens (tertiary/aromatic N) is 4. The number of anilines is 2. The standard InChI is InChI=1S/C29H29F6N5OS/c1-38-9-11-39(12-10-38)24-4-5-25(42-2)22-7-8-40(17-23(22)24)27(41)37-26-6-3-18(16-36-26)19-13-20(28(30,31)32)15-21(14-19)29(33,34)35/h3-6,13-16H,7-12,17H2,1-2H3,(H,36,37,41). The molecule has 0 radical (unpaired) electrons. The fourth-order valence-corrected chi connectivity index (χ4v) is 5.96. The van der Waals surface area contributed by atoms with Crippen molar-refractivity contribution in [3.63, 3.8) is 0 Å². The van der Waals surface area contributed by atoms with Crippen LogP contribution in [-0.4, -0.2) is 66.8 Å². The number of alkyl halides is 6. The van der Waals surface area contributed by atoms with E-state index in [9.17, 15) is 31.1 Å². The number of carbonyl (C=O) groups is 1. The van der Waals surface area contributed by atoms with Crippen molar-refractivity contribution in [3.05, 3.63) is 70.9 Å². The number of urea groups is 1. The molecule has 42 heavy (non-hydrogen) atoms. The summed E-state index contributed by atoms with van der Waals surface area (Å²) in [6.45, 7) is 4.56. The normalized spacial score (nSPS) is 16.4. The first-order chi connectivity index (χ1) is 19.8. The highest BCUT2D eigenvalue weighted by atomic mass is 32.2. The maximum Gasteiger partial charge on any atom is 0.416 e. The molecule has 3 aromatic rings. The third-order valence-electron chi connectivity index (χ3n) is 7.61. The number of carbonyl (C=O) groups excluding carboxylic acids is 1. The molecule has 0 unspecified atom stereocenters. The third-order valence-corrected chi connectivity index (χ3v) is 8.44. The summed E-state index contributed by atoms with van der Waals surface area (Å²) in [5, 5.41) is 2.72. The first kappa shape index (κ1) is 30.0. The summed E-state index contributed by atoms with van der Waals surface area (Å²) in [5.41, 5.74) is 0.432. The van der Waals surface area contributed by atoms with Gasteiger partial charge in [-0.25, -0.2) is 9.78 Å². The number of amides is 2. The van der Waals surface area contributed by atoms with Gasteiger partial charge in [0.25, 0.3) is 0 Å². The zero-order valence-corrected chi connectivity index (χ0v) is 23.8. The molecular formula is C29H29F6N5OS. The van der Waals surface area contributed by atoms with Crippen molar-refractivity contribution in [2.45, 2.75) is 30.2 Å². The van der Waals surface area contributed by atoms with Crippen molar-refractivity contribution >= 4 is 29.3 Å². The lowest BCUT2D eigenvalue weighted by molar-refractivity contribution is -0.143. The Morgan fingerprint density at radius 1 is 0.857 bits per heavy atom. The summed E-state index contributed by atoms with van der Waals surface area (Å²) in [7, 11) is 2.09. The predicted molar refractivity (Wildman–Crippen MR) is 151 cm³/mol. The van der Waals surface area contributed by atoms with Gasteiger partial charge in [-0.3, -0.25) is 5.32 Å². The van der Waals surface area contributed by atoms with E-state index in [2.05, 4.69) is 39.3 Å². The van der Waals surface area contributed by atoms with E-state index in [0.717, 1.165) is 43.6 Å². The molecule has 2 amide bonds. The maximum absolute atomic E-state index is 13.3. The highest BCUT2D eigenvalue weighted by Gasteiger charge is 2.37. The molecule has 3 heterocycles. The van der Waals surface area contributed by atoms with Crippen LogP contribution in [0.15, 0.2) is 53.6 Å². The first-order valence-corrected chi connectivity index (χ1v) is 14.5. The van der Waals surface area contributed by atoms with Crippen molar-refractivity contribution in [2.75, 3.05) is 56.2 Å². The Kier molecular flexibility index (Phi) is 8.35. The molecule has 0 spiro atoms. The molecular weight excluding hydrogens is 580 g/mol. The Morgan fingerprint density at radius 3 is 2.10 bits per heavy atom. The highest BCUT2D eigenvalue weighted by Crippen LogP contribution is 2.39. The van der Waals surface area contributed by atoms with Crippen molar-refractivity contribution in [3.8, 4) is 11.1 Å². The molecule has 0 aliphatic carbocycles. The van der Waals surface area contributed by atoms with E-state index in [1.54, 1.807) is 16.7 Å². The molecule has 2 aromatic carbocycles. The lowest BCUT2D eigenvalue weighted by Gasteiger charge is -2.38. The Balaban J connectivity index is 1.34. The monoisotopic (exact) mass is 609 g/mol. The van der Waals surface area contributed by atoms with Gasteiger partial charge in [0.1, 0.15) is 5.82 Å². The van der Waals surface area contributed by atoms with Crippen LogP contribution < -0.4 is 10.2 Å². The number of benzene rings is 2. The molecule has 1 saturated heterocycles. The van der Waals surface area contributed by atoms with Crippen molar-refractivity contribution in [1.29, 1.82) is 0 Å². The molecule has 6 nitrogen and oxygen atoms in total.